The number of unbranched alkanes of at least 4 members (excludes halogenated alkanes) is 1. The second-order valence-electron chi connectivity index (χ2n) is 9.49. The Bertz CT molecular complexity index is 776. The van der Waals surface area contributed by atoms with Crippen molar-refractivity contribution in [2.75, 3.05) is 54.5 Å². The summed E-state index contributed by atoms with van der Waals surface area (Å²) < 4.78 is 10.2. The van der Waals surface area contributed by atoms with Crippen LogP contribution in [-0.4, -0.2) is 122 Å². The number of carbonyl (C=O) groups excluding carboxylic acids is 6. The molecule has 2 fully saturated rings. The summed E-state index contributed by atoms with van der Waals surface area (Å²) in [5, 5.41) is 0. The van der Waals surface area contributed by atoms with Crippen molar-refractivity contribution in [3.63, 3.8) is 0 Å². The fraction of sp³-hybridized carbons (Fsp3) is 0.750. The lowest BCUT2D eigenvalue weighted by Gasteiger charge is -2.24. The van der Waals surface area contributed by atoms with E-state index in [1.807, 2.05) is 0 Å². The van der Waals surface area contributed by atoms with E-state index in [2.05, 4.69) is 0 Å². The van der Waals surface area contributed by atoms with Crippen LogP contribution in [0.2, 0.25) is 0 Å². The van der Waals surface area contributed by atoms with Crippen molar-refractivity contribution in [3.8, 4) is 0 Å². The van der Waals surface area contributed by atoms with Gasteiger partial charge in [-0.1, -0.05) is 0 Å². The number of esters is 2. The number of ether oxygens (including phenoxy) is 2. The Morgan fingerprint density at radius 3 is 1.36 bits per heavy atom. The molecule has 2 rings (SSSR count). The van der Waals surface area contributed by atoms with E-state index in [-0.39, 0.29) is 49.7 Å². The molecule has 0 aliphatic carbocycles. The van der Waals surface area contributed by atoms with Gasteiger partial charge in [0.2, 0.25) is 11.8 Å². The quantitative estimate of drug-likeness (QED) is 0.275. The molecule has 0 N–H and O–H groups in total. The predicted molar refractivity (Wildman–Crippen MR) is 127 cm³/mol. The summed E-state index contributed by atoms with van der Waals surface area (Å²) in [6, 6.07) is -1.38. The highest BCUT2D eigenvalue weighted by atomic mass is 16.5. The number of rotatable bonds is 11. The highest BCUT2D eigenvalue weighted by molar-refractivity contribution is 5.88. The fourth-order valence-electron chi connectivity index (χ4n) is 4.18. The third kappa shape index (κ3) is 8.20. The zero-order valence-electron chi connectivity index (χ0n) is 21.7. The van der Waals surface area contributed by atoms with E-state index < -0.39 is 24.0 Å². The van der Waals surface area contributed by atoms with E-state index in [1.165, 1.54) is 19.6 Å². The highest BCUT2D eigenvalue weighted by Crippen LogP contribution is 2.22. The molecule has 202 valence electrons. The molecule has 0 aromatic heterocycles. The molecule has 2 heterocycles. The minimum atomic E-state index is -0.690. The molecule has 0 saturated carbocycles. The molecule has 12 heteroatoms. The molecule has 12 nitrogen and oxygen atoms in total. The van der Waals surface area contributed by atoms with Crippen molar-refractivity contribution in [2.45, 2.75) is 63.5 Å². The van der Waals surface area contributed by atoms with Gasteiger partial charge in [-0.05, 0) is 38.5 Å². The Labute approximate surface area is 211 Å². The number of hydrogen-bond donors (Lipinski definition) is 0. The topological polar surface area (TPSA) is 134 Å². The first kappa shape index (κ1) is 29.1. The lowest BCUT2D eigenvalue weighted by atomic mass is 10.1. The van der Waals surface area contributed by atoms with Gasteiger partial charge in [0, 0.05) is 54.1 Å². The summed E-state index contributed by atoms with van der Waals surface area (Å²) in [4.78, 5) is 79.0. The van der Waals surface area contributed by atoms with Gasteiger partial charge in [0.25, 0.3) is 11.8 Å². The molecular formula is C24H38N4O8. The maximum Gasteiger partial charge on any atom is 0.329 e. The van der Waals surface area contributed by atoms with E-state index in [1.54, 1.807) is 28.2 Å². The highest BCUT2D eigenvalue weighted by Gasteiger charge is 2.36. The predicted octanol–water partition coefficient (Wildman–Crippen LogP) is -0.208. The molecule has 0 bridgehead atoms. The van der Waals surface area contributed by atoms with Crippen molar-refractivity contribution >= 4 is 35.6 Å². The van der Waals surface area contributed by atoms with Crippen LogP contribution in [0.4, 0.5) is 0 Å². The van der Waals surface area contributed by atoms with Gasteiger partial charge in [-0.15, -0.1) is 0 Å². The van der Waals surface area contributed by atoms with Crippen LogP contribution in [-0.2, 0) is 38.2 Å². The maximum atomic E-state index is 12.7. The van der Waals surface area contributed by atoms with Crippen LogP contribution in [0, 0.1) is 0 Å². The first-order valence-electron chi connectivity index (χ1n) is 12.4. The SMILES string of the molecule is CN(C)C(=O)COC(=O)C1CCCN1C(=O)CCCCC(=O)N1CCCC1C(=O)OCC(=O)N(C)C. The molecule has 2 saturated heterocycles. The van der Waals surface area contributed by atoms with Gasteiger partial charge in [0.1, 0.15) is 12.1 Å². The van der Waals surface area contributed by atoms with Gasteiger partial charge in [-0.2, -0.15) is 0 Å². The van der Waals surface area contributed by atoms with Crippen molar-refractivity contribution in [1.82, 2.24) is 19.6 Å². The zero-order chi connectivity index (χ0) is 26.8. The third-order valence-electron chi connectivity index (χ3n) is 6.40. The van der Waals surface area contributed by atoms with Crippen LogP contribution in [0.3, 0.4) is 0 Å². The summed E-state index contributed by atoms with van der Waals surface area (Å²) in [5.74, 6) is -2.20. The fourth-order valence-corrected chi connectivity index (χ4v) is 4.18. The average Bonchev–Trinajstić information content (AvgIpc) is 3.53. The van der Waals surface area contributed by atoms with Crippen LogP contribution in [0.25, 0.3) is 0 Å². The summed E-state index contributed by atoms with van der Waals surface area (Å²) >= 11 is 0. The maximum absolute atomic E-state index is 12.7. The number of likely N-dealkylation sites (tertiary alicyclic amines) is 2. The Morgan fingerprint density at radius 2 is 1.03 bits per heavy atom. The number of likely N-dealkylation sites (N-methyl/N-ethyl adjacent to an activating group) is 2. The zero-order valence-corrected chi connectivity index (χ0v) is 21.7. The lowest BCUT2D eigenvalue weighted by Crippen LogP contribution is -2.42. The Balaban J connectivity index is 1.74. The second kappa shape index (κ2) is 13.8. The monoisotopic (exact) mass is 510 g/mol. The third-order valence-corrected chi connectivity index (χ3v) is 6.40. The van der Waals surface area contributed by atoms with Crippen molar-refractivity contribution in [2.24, 2.45) is 0 Å². The van der Waals surface area contributed by atoms with Gasteiger partial charge in [0.05, 0.1) is 0 Å². The largest absolute Gasteiger partial charge is 0.454 e. The van der Waals surface area contributed by atoms with Crippen molar-refractivity contribution in [3.05, 3.63) is 0 Å². The molecule has 2 aliphatic rings. The molecule has 0 aromatic rings. The van der Waals surface area contributed by atoms with Crippen molar-refractivity contribution in [1.29, 1.82) is 0 Å². The lowest BCUT2D eigenvalue weighted by molar-refractivity contribution is -0.157. The van der Waals surface area contributed by atoms with E-state index in [0.29, 0.717) is 51.6 Å². The van der Waals surface area contributed by atoms with Crippen LogP contribution in [0.5, 0.6) is 0 Å². The molecule has 4 amide bonds. The Kier molecular flexibility index (Phi) is 11.1. The normalized spacial score (nSPS) is 19.1. The van der Waals surface area contributed by atoms with Crippen LogP contribution in [0.1, 0.15) is 51.4 Å². The standard InChI is InChI=1S/C24H38N4O8/c1-25(2)21(31)15-35-23(33)17-9-7-13-27(17)19(29)11-5-6-12-20(30)28-14-8-10-18(28)24(34)36-16-22(32)26(3)4/h17-18H,5-16H2,1-4H3. The molecule has 0 aromatic carbocycles. The van der Waals surface area contributed by atoms with Crippen molar-refractivity contribution < 1.29 is 38.2 Å². The first-order valence-corrected chi connectivity index (χ1v) is 12.4. The molecule has 0 spiro atoms. The van der Waals surface area contributed by atoms with E-state index in [4.69, 9.17) is 9.47 Å². The number of hydrogen-bond acceptors (Lipinski definition) is 8. The molecule has 36 heavy (non-hydrogen) atoms. The van der Waals surface area contributed by atoms with Gasteiger partial charge in [-0.25, -0.2) is 9.59 Å². The van der Waals surface area contributed by atoms with Crippen LogP contribution >= 0.6 is 0 Å². The molecule has 2 unspecified atom stereocenters. The molecule has 2 atom stereocenters. The molecular weight excluding hydrogens is 472 g/mol. The second-order valence-corrected chi connectivity index (χ2v) is 9.49. The van der Waals surface area contributed by atoms with E-state index in [0.717, 1.165) is 0 Å². The van der Waals surface area contributed by atoms with Crippen LogP contribution in [0.15, 0.2) is 0 Å². The van der Waals surface area contributed by atoms with Crippen LogP contribution < -0.4 is 0 Å². The molecule has 2 aliphatic heterocycles. The number of carbonyl (C=O) groups is 6. The van der Waals surface area contributed by atoms with Gasteiger partial charge < -0.3 is 29.1 Å². The van der Waals surface area contributed by atoms with E-state index in [9.17, 15) is 28.8 Å². The number of nitrogens with zero attached hydrogens (tertiary/aromatic N) is 4. The van der Waals surface area contributed by atoms with Gasteiger partial charge in [0.15, 0.2) is 13.2 Å². The average molecular weight is 511 g/mol. The molecule has 0 radical (unpaired) electrons. The summed E-state index contributed by atoms with van der Waals surface area (Å²) in [6.45, 7) is 0.188. The Morgan fingerprint density at radius 1 is 0.667 bits per heavy atom. The Hall–Kier alpha value is -3.18. The summed E-state index contributed by atoms with van der Waals surface area (Å²) in [5.41, 5.74) is 0. The van der Waals surface area contributed by atoms with E-state index >= 15 is 0 Å². The summed E-state index contributed by atoms with van der Waals surface area (Å²) in [6.07, 6.45) is 3.64. The first-order chi connectivity index (χ1) is 17.0. The minimum Gasteiger partial charge on any atom is -0.454 e. The smallest absolute Gasteiger partial charge is 0.329 e. The van der Waals surface area contributed by atoms with Gasteiger partial charge >= 0.3 is 11.9 Å². The summed E-state index contributed by atoms with van der Waals surface area (Å²) in [7, 11) is 6.26. The number of amides is 4. The van der Waals surface area contributed by atoms with Gasteiger partial charge in [-0.3, -0.25) is 19.2 Å². The minimum absolute atomic E-state index is 0.186.